The Morgan fingerprint density at radius 3 is 1.20 bits per heavy atom. The van der Waals surface area contributed by atoms with Gasteiger partial charge in [-0.2, -0.15) is 0 Å². The van der Waals surface area contributed by atoms with Crippen LogP contribution in [0.5, 0.6) is 0 Å². The molecule has 180 valence electrons. The van der Waals surface area contributed by atoms with E-state index in [0.29, 0.717) is 6.04 Å². The van der Waals surface area contributed by atoms with E-state index in [0.717, 1.165) is 0 Å². The second-order valence-corrected chi connectivity index (χ2v) is 15.7. The van der Waals surface area contributed by atoms with Gasteiger partial charge in [-0.05, 0) is 54.5 Å². The van der Waals surface area contributed by atoms with E-state index in [1.165, 1.54) is 21.2 Å². The van der Waals surface area contributed by atoms with Crippen LogP contribution in [0.3, 0.4) is 0 Å². The van der Waals surface area contributed by atoms with Crippen molar-refractivity contribution in [2.45, 2.75) is 39.8 Å². The molecule has 2 nitrogen and oxygen atoms in total. The van der Waals surface area contributed by atoms with Crippen LogP contribution >= 0.6 is 14.1 Å². The molecule has 0 fully saturated rings. The molecule has 0 spiro atoms. The van der Waals surface area contributed by atoms with Crippen molar-refractivity contribution in [3.05, 3.63) is 121 Å². The molecule has 4 aromatic carbocycles. The Labute approximate surface area is 211 Å². The SMILES string of the molecule is CC(C)N=P(C=P(NC(C)C)(c1ccccc1)c1ccccc1)(c1ccccc1)c1ccccc1. The summed E-state index contributed by atoms with van der Waals surface area (Å²) in [6, 6.07) is 44.3. The maximum absolute atomic E-state index is 5.64. The Kier molecular flexibility index (Phi) is 8.30. The molecule has 4 heteroatoms. The zero-order valence-electron chi connectivity index (χ0n) is 21.1. The largest absolute Gasteiger partial charge is 0.287 e. The van der Waals surface area contributed by atoms with Gasteiger partial charge in [-0.3, -0.25) is 9.83 Å². The lowest BCUT2D eigenvalue weighted by Gasteiger charge is -2.35. The van der Waals surface area contributed by atoms with Crippen molar-refractivity contribution in [2.75, 3.05) is 0 Å². The van der Waals surface area contributed by atoms with Crippen molar-refractivity contribution < 1.29 is 0 Å². The van der Waals surface area contributed by atoms with Gasteiger partial charge >= 0.3 is 0 Å². The lowest BCUT2D eigenvalue weighted by Crippen LogP contribution is -2.34. The molecule has 0 aromatic heterocycles. The van der Waals surface area contributed by atoms with Crippen LogP contribution in [0.2, 0.25) is 0 Å². The van der Waals surface area contributed by atoms with E-state index < -0.39 is 14.1 Å². The topological polar surface area (TPSA) is 24.4 Å². The Hall–Kier alpha value is -2.63. The number of nitrogens with zero attached hydrogens (tertiary/aromatic N) is 1. The fourth-order valence-electron chi connectivity index (χ4n) is 4.57. The van der Waals surface area contributed by atoms with E-state index >= 15 is 0 Å². The van der Waals surface area contributed by atoms with Gasteiger partial charge in [0.1, 0.15) is 0 Å². The van der Waals surface area contributed by atoms with Gasteiger partial charge in [-0.1, -0.05) is 121 Å². The molecular weight excluding hydrogens is 462 g/mol. The average Bonchev–Trinajstić information content (AvgIpc) is 2.89. The van der Waals surface area contributed by atoms with Gasteiger partial charge in [-0.25, -0.2) is 0 Å². The predicted octanol–water partition coefficient (Wildman–Crippen LogP) is 6.59. The summed E-state index contributed by atoms with van der Waals surface area (Å²) in [5, 5.41) is 9.36. The second kappa shape index (κ2) is 11.4. The summed E-state index contributed by atoms with van der Waals surface area (Å²) in [5.74, 6) is 0. The smallest absolute Gasteiger partial charge is 0.0500 e. The molecule has 0 aliphatic carbocycles. The van der Waals surface area contributed by atoms with Gasteiger partial charge in [0, 0.05) is 19.1 Å². The predicted molar refractivity (Wildman–Crippen MR) is 160 cm³/mol. The van der Waals surface area contributed by atoms with Gasteiger partial charge < -0.3 is 0 Å². The average molecular weight is 499 g/mol. The number of nitrogens with one attached hydrogen (secondary N) is 1. The molecule has 0 aliphatic heterocycles. The normalized spacial score (nSPS) is 12.1. The summed E-state index contributed by atoms with van der Waals surface area (Å²) < 4.78 is 5.64. The van der Waals surface area contributed by atoms with E-state index in [4.69, 9.17) is 4.74 Å². The van der Waals surface area contributed by atoms with Crippen LogP contribution < -0.4 is 26.3 Å². The first kappa shape index (κ1) is 25.5. The summed E-state index contributed by atoms with van der Waals surface area (Å²) in [6.45, 7) is 8.91. The summed E-state index contributed by atoms with van der Waals surface area (Å²) in [7, 11) is -4.46. The van der Waals surface area contributed by atoms with Crippen LogP contribution in [-0.4, -0.2) is 17.6 Å². The van der Waals surface area contributed by atoms with Gasteiger partial charge in [0.05, 0.1) is 7.05 Å². The lowest BCUT2D eigenvalue weighted by molar-refractivity contribution is 0.764. The van der Waals surface area contributed by atoms with Crippen molar-refractivity contribution in [2.24, 2.45) is 4.74 Å². The zero-order chi connectivity index (χ0) is 24.7. The highest BCUT2D eigenvalue weighted by Gasteiger charge is 2.31. The molecule has 0 heterocycles. The lowest BCUT2D eigenvalue weighted by atomic mass is 10.4. The number of benzene rings is 4. The molecule has 0 amide bonds. The quantitative estimate of drug-likeness (QED) is 0.272. The maximum atomic E-state index is 5.64. The number of hydrogen-bond acceptors (Lipinski definition) is 2. The van der Waals surface area contributed by atoms with Crippen molar-refractivity contribution in [3.63, 3.8) is 0 Å². The van der Waals surface area contributed by atoms with E-state index in [1.54, 1.807) is 0 Å². The molecule has 0 unspecified atom stereocenters. The summed E-state index contributed by atoms with van der Waals surface area (Å²) >= 11 is 0. The molecule has 4 rings (SSSR count). The standard InChI is InChI=1S/C31H36N2P2/c1-26(2)32-34(28-17-9-5-10-18-28,29-19-11-6-12-20-29)25-35(33-27(3)4,30-21-13-7-14-22-30)31-23-15-8-16-24-31/h5-27,32H,1-4H3. The second-order valence-electron chi connectivity index (χ2n) is 9.36. The minimum absolute atomic E-state index is 0.187. The van der Waals surface area contributed by atoms with E-state index in [-0.39, 0.29) is 6.04 Å². The van der Waals surface area contributed by atoms with Crippen molar-refractivity contribution >= 4 is 40.8 Å². The maximum Gasteiger partial charge on any atom is 0.0500 e. The van der Waals surface area contributed by atoms with Gasteiger partial charge in [0.2, 0.25) is 0 Å². The first-order valence-electron chi connectivity index (χ1n) is 12.3. The molecule has 0 bridgehead atoms. The molecule has 35 heavy (non-hydrogen) atoms. The van der Waals surface area contributed by atoms with Crippen molar-refractivity contribution in [3.8, 4) is 0 Å². The molecule has 4 aromatic rings. The van der Waals surface area contributed by atoms with E-state index in [9.17, 15) is 0 Å². The summed E-state index contributed by atoms with van der Waals surface area (Å²) in [4.78, 5) is 0. The minimum Gasteiger partial charge on any atom is -0.287 e. The molecule has 0 aliphatic rings. The van der Waals surface area contributed by atoms with E-state index in [2.05, 4.69) is 160 Å². The van der Waals surface area contributed by atoms with Crippen LogP contribution in [0.15, 0.2) is 126 Å². The van der Waals surface area contributed by atoms with Gasteiger partial charge in [0.15, 0.2) is 0 Å². The highest BCUT2D eigenvalue weighted by atomic mass is 31.2. The van der Waals surface area contributed by atoms with Crippen LogP contribution in [0.1, 0.15) is 27.7 Å². The Morgan fingerprint density at radius 1 is 0.543 bits per heavy atom. The monoisotopic (exact) mass is 498 g/mol. The third-order valence-corrected chi connectivity index (χ3v) is 14.7. The molecule has 0 saturated heterocycles. The molecule has 0 saturated carbocycles. The fourth-order valence-corrected chi connectivity index (χ4v) is 14.5. The Morgan fingerprint density at radius 2 is 0.886 bits per heavy atom. The third kappa shape index (κ3) is 5.62. The van der Waals surface area contributed by atoms with Crippen molar-refractivity contribution in [1.29, 1.82) is 0 Å². The van der Waals surface area contributed by atoms with Gasteiger partial charge in [0.25, 0.3) is 0 Å². The number of hydrogen-bond donors (Lipinski definition) is 1. The third-order valence-electron chi connectivity index (χ3n) is 5.84. The van der Waals surface area contributed by atoms with E-state index in [1.807, 2.05) is 0 Å². The summed E-state index contributed by atoms with van der Waals surface area (Å²) in [5.41, 5.74) is 2.66. The highest BCUT2D eigenvalue weighted by Crippen LogP contribution is 2.55. The van der Waals surface area contributed by atoms with Gasteiger partial charge in [-0.15, -0.1) is 0 Å². The molecule has 1 N–H and O–H groups in total. The van der Waals surface area contributed by atoms with Crippen LogP contribution in [-0.2, 0) is 0 Å². The highest BCUT2D eigenvalue weighted by molar-refractivity contribution is 8.07. The van der Waals surface area contributed by atoms with Crippen LogP contribution in [0.25, 0.3) is 0 Å². The molecule has 0 atom stereocenters. The molecular formula is C31H36N2P2. The zero-order valence-corrected chi connectivity index (χ0v) is 22.9. The first-order chi connectivity index (χ1) is 17.0. The minimum atomic E-state index is -2.28. The van der Waals surface area contributed by atoms with Crippen LogP contribution in [0, 0.1) is 0 Å². The molecule has 0 radical (unpaired) electrons. The fraction of sp³-hybridized carbons (Fsp3) is 0.194. The Balaban J connectivity index is 2.24. The van der Waals surface area contributed by atoms with Crippen LogP contribution in [0.4, 0.5) is 0 Å². The van der Waals surface area contributed by atoms with Crippen molar-refractivity contribution in [1.82, 2.24) is 5.09 Å². The summed E-state index contributed by atoms with van der Waals surface area (Å²) in [6.07, 6.45) is 0. The number of rotatable bonds is 8. The Bertz CT molecular complexity index is 1230. The first-order valence-corrected chi connectivity index (χ1v) is 16.0.